The maximum atomic E-state index is 13.6. The van der Waals surface area contributed by atoms with E-state index in [1.807, 2.05) is 0 Å². The molecule has 0 aliphatic heterocycles. The number of pyridine rings is 2. The van der Waals surface area contributed by atoms with Gasteiger partial charge < -0.3 is 4.98 Å². The Balaban J connectivity index is 2.37. The second kappa shape index (κ2) is 5.11. The molecule has 0 unspecified atom stereocenters. The minimum atomic E-state index is -4.85. The van der Waals surface area contributed by atoms with Crippen molar-refractivity contribution in [1.29, 1.82) is 0 Å². The average Bonchev–Trinajstić information content (AvgIpc) is 2.89. The van der Waals surface area contributed by atoms with Gasteiger partial charge in [-0.15, -0.1) is 0 Å². The quantitative estimate of drug-likeness (QED) is 0.565. The van der Waals surface area contributed by atoms with Gasteiger partial charge in [0.1, 0.15) is 11.5 Å². The summed E-state index contributed by atoms with van der Waals surface area (Å²) < 4.78 is 66.5. The Bertz CT molecular complexity index is 913. The van der Waals surface area contributed by atoms with Crippen molar-refractivity contribution in [2.24, 2.45) is 4.99 Å². The summed E-state index contributed by atoms with van der Waals surface area (Å²) in [6.45, 7) is 3.07. The highest BCUT2D eigenvalue weighted by atomic mass is 19.4. The van der Waals surface area contributed by atoms with Crippen LogP contribution in [0.4, 0.5) is 27.8 Å². The van der Waals surface area contributed by atoms with E-state index in [1.54, 1.807) is 0 Å². The summed E-state index contributed by atoms with van der Waals surface area (Å²) in [6, 6.07) is 1.30. The minimum absolute atomic E-state index is 0.0655. The van der Waals surface area contributed by atoms with E-state index in [9.17, 15) is 22.0 Å². The summed E-state index contributed by atoms with van der Waals surface area (Å²) in [4.78, 5) is 13.2. The molecule has 0 spiro atoms. The summed E-state index contributed by atoms with van der Waals surface area (Å²) in [5.41, 5.74) is -1.77. The van der Waals surface area contributed by atoms with Crippen LogP contribution in [0.2, 0.25) is 0 Å². The van der Waals surface area contributed by atoms with Gasteiger partial charge in [-0.2, -0.15) is 13.2 Å². The molecule has 9 heteroatoms. The van der Waals surface area contributed by atoms with Crippen molar-refractivity contribution >= 4 is 23.6 Å². The molecule has 0 fully saturated rings. The number of nitrogens with one attached hydrogen (secondary N) is 1. The third-order valence-corrected chi connectivity index (χ3v) is 3.17. The molecule has 1 N–H and O–H groups in total. The molecule has 0 saturated carbocycles. The summed E-state index contributed by atoms with van der Waals surface area (Å²) in [5, 5.41) is 0.0876. The van der Waals surface area contributed by atoms with Crippen molar-refractivity contribution in [1.82, 2.24) is 15.0 Å². The van der Waals surface area contributed by atoms with Crippen LogP contribution in [0.1, 0.15) is 5.56 Å². The summed E-state index contributed by atoms with van der Waals surface area (Å²) >= 11 is 0. The molecule has 118 valence electrons. The normalized spacial score (nSPS) is 11.9. The topological polar surface area (TPSA) is 53.9 Å². The third-order valence-electron chi connectivity index (χ3n) is 3.17. The fourth-order valence-electron chi connectivity index (χ4n) is 2.19. The number of nitrogens with zero attached hydrogens (tertiary/aromatic N) is 3. The number of aliphatic imine (C=N–C) groups is 1. The van der Waals surface area contributed by atoms with Crippen LogP contribution in [-0.2, 0) is 6.18 Å². The summed E-state index contributed by atoms with van der Waals surface area (Å²) in [7, 11) is 0. The molecule has 0 radical (unpaired) electrons. The van der Waals surface area contributed by atoms with Gasteiger partial charge >= 0.3 is 6.18 Å². The highest BCUT2D eigenvalue weighted by molar-refractivity contribution is 5.93. The van der Waals surface area contributed by atoms with Gasteiger partial charge in [0.25, 0.3) is 0 Å². The zero-order valence-corrected chi connectivity index (χ0v) is 11.2. The monoisotopic (exact) mass is 326 g/mol. The van der Waals surface area contributed by atoms with Gasteiger partial charge in [-0.25, -0.2) is 23.7 Å². The fourth-order valence-corrected chi connectivity index (χ4v) is 2.19. The molecule has 3 heterocycles. The molecule has 0 amide bonds. The number of hydrogen-bond acceptors (Lipinski definition) is 3. The molecule has 0 saturated heterocycles. The molecule has 3 aromatic heterocycles. The lowest BCUT2D eigenvalue weighted by molar-refractivity contribution is -0.137. The molecule has 4 nitrogen and oxygen atoms in total. The van der Waals surface area contributed by atoms with Crippen LogP contribution in [0.25, 0.3) is 22.3 Å². The number of alkyl halides is 3. The van der Waals surface area contributed by atoms with Crippen molar-refractivity contribution in [2.75, 3.05) is 0 Å². The van der Waals surface area contributed by atoms with Crippen LogP contribution in [0.15, 0.2) is 29.5 Å². The lowest BCUT2D eigenvalue weighted by Gasteiger charge is -2.12. The first-order valence-corrected chi connectivity index (χ1v) is 6.18. The van der Waals surface area contributed by atoms with E-state index in [4.69, 9.17) is 0 Å². The number of hydrogen-bond donors (Lipinski definition) is 1. The third kappa shape index (κ3) is 2.54. The van der Waals surface area contributed by atoms with E-state index in [1.165, 1.54) is 6.20 Å². The zero-order valence-electron chi connectivity index (χ0n) is 11.2. The number of rotatable bonds is 2. The van der Waals surface area contributed by atoms with Gasteiger partial charge in [0.2, 0.25) is 0 Å². The summed E-state index contributed by atoms with van der Waals surface area (Å²) in [6.07, 6.45) is -2.74. The molecule has 3 rings (SSSR count). The molecule has 0 atom stereocenters. The maximum Gasteiger partial charge on any atom is 0.418 e. The molecule has 0 aliphatic carbocycles. The van der Waals surface area contributed by atoms with Crippen LogP contribution in [0.5, 0.6) is 0 Å². The average molecular weight is 326 g/mol. The van der Waals surface area contributed by atoms with Gasteiger partial charge in [-0.3, -0.25) is 0 Å². The molecule has 3 aromatic rings. The Hall–Kier alpha value is -2.84. The van der Waals surface area contributed by atoms with Crippen LogP contribution < -0.4 is 0 Å². The van der Waals surface area contributed by atoms with Crippen LogP contribution in [0.3, 0.4) is 0 Å². The van der Waals surface area contributed by atoms with Crippen molar-refractivity contribution in [2.45, 2.75) is 6.18 Å². The van der Waals surface area contributed by atoms with Gasteiger partial charge in [-0.1, -0.05) is 0 Å². The van der Waals surface area contributed by atoms with Crippen LogP contribution >= 0.6 is 0 Å². The predicted octanol–water partition coefficient (Wildman–Crippen LogP) is 4.25. The molecular formula is C14H7F5N4. The minimum Gasteiger partial charge on any atom is -0.345 e. The second-order valence-corrected chi connectivity index (χ2v) is 4.60. The highest BCUT2D eigenvalue weighted by Gasteiger charge is 2.36. The van der Waals surface area contributed by atoms with Crippen LogP contribution in [-0.4, -0.2) is 21.7 Å². The maximum absolute atomic E-state index is 13.6. The fraction of sp³-hybridized carbons (Fsp3) is 0.0714. The van der Waals surface area contributed by atoms with E-state index in [-0.39, 0.29) is 22.7 Å². The number of aromatic amines is 1. The van der Waals surface area contributed by atoms with E-state index < -0.39 is 34.9 Å². The summed E-state index contributed by atoms with van der Waals surface area (Å²) in [5.74, 6) is -2.55. The smallest absolute Gasteiger partial charge is 0.345 e. The lowest BCUT2D eigenvalue weighted by atomic mass is 10.1. The van der Waals surface area contributed by atoms with Crippen LogP contribution in [0, 0.1) is 11.6 Å². The zero-order chi connectivity index (χ0) is 16.8. The highest BCUT2D eigenvalue weighted by Crippen LogP contribution is 2.40. The first-order valence-electron chi connectivity index (χ1n) is 6.18. The molecule has 0 aromatic carbocycles. The van der Waals surface area contributed by atoms with E-state index in [2.05, 4.69) is 26.7 Å². The molecular weight excluding hydrogens is 319 g/mol. The Labute approximate surface area is 125 Å². The Morgan fingerprint density at radius 3 is 2.57 bits per heavy atom. The lowest BCUT2D eigenvalue weighted by Crippen LogP contribution is -2.09. The standard InChI is InChI=1S/C14H7F5N4/c1-20-13-10(16)3-9(14(17,18)19)11(23-13)8-5-22-12-7(8)2-6(15)4-21-12/h2-5H,1H2,(H,21,22). The molecule has 0 aliphatic rings. The van der Waals surface area contributed by atoms with Crippen molar-refractivity contribution < 1.29 is 22.0 Å². The van der Waals surface area contributed by atoms with Gasteiger partial charge in [0, 0.05) is 17.1 Å². The first-order chi connectivity index (χ1) is 10.8. The predicted molar refractivity (Wildman–Crippen MR) is 73.5 cm³/mol. The Morgan fingerprint density at radius 1 is 1.17 bits per heavy atom. The second-order valence-electron chi connectivity index (χ2n) is 4.60. The molecule has 23 heavy (non-hydrogen) atoms. The van der Waals surface area contributed by atoms with E-state index in [0.29, 0.717) is 0 Å². The van der Waals surface area contributed by atoms with E-state index in [0.717, 1.165) is 12.3 Å². The van der Waals surface area contributed by atoms with E-state index >= 15 is 0 Å². The Kier molecular flexibility index (Phi) is 3.35. The van der Waals surface area contributed by atoms with Crippen molar-refractivity contribution in [3.63, 3.8) is 0 Å². The van der Waals surface area contributed by atoms with Gasteiger partial charge in [-0.05, 0) is 18.9 Å². The largest absolute Gasteiger partial charge is 0.418 e. The van der Waals surface area contributed by atoms with Gasteiger partial charge in [0.05, 0.1) is 17.5 Å². The molecule has 0 bridgehead atoms. The first kappa shape index (κ1) is 15.1. The number of halogens is 5. The SMILES string of the molecule is C=Nc1nc(-c2c[nH]c3ncc(F)cc23)c(C(F)(F)F)cc1F. The number of fused-ring (bicyclic) bond motifs is 1. The number of H-pyrrole nitrogens is 1. The van der Waals surface area contributed by atoms with Gasteiger partial charge in [0.15, 0.2) is 11.6 Å². The van der Waals surface area contributed by atoms with Crippen molar-refractivity contribution in [3.05, 3.63) is 41.7 Å². The Morgan fingerprint density at radius 2 is 1.91 bits per heavy atom. The number of aromatic nitrogens is 3. The van der Waals surface area contributed by atoms with Crippen molar-refractivity contribution in [3.8, 4) is 11.3 Å².